The first-order valence-electron chi connectivity index (χ1n) is 7.89. The van der Waals surface area contributed by atoms with E-state index in [0.29, 0.717) is 5.41 Å². The molecule has 4 fully saturated rings. The first-order valence-corrected chi connectivity index (χ1v) is 7.89. The number of allylic oxidation sites excluding steroid dienone is 2. The molecule has 4 saturated carbocycles. The van der Waals surface area contributed by atoms with Gasteiger partial charge in [0.1, 0.15) is 0 Å². The minimum absolute atomic E-state index is 0.180. The lowest BCUT2D eigenvalue weighted by Crippen LogP contribution is -2.52. The molecule has 0 aromatic rings. The van der Waals surface area contributed by atoms with E-state index in [9.17, 15) is 5.26 Å². The summed E-state index contributed by atoms with van der Waals surface area (Å²) in [6.45, 7) is 4.59. The van der Waals surface area contributed by atoms with Crippen LogP contribution in [0.4, 0.5) is 0 Å². The predicted molar refractivity (Wildman–Crippen MR) is 77.0 cm³/mol. The first-order chi connectivity index (χ1) is 9.00. The lowest BCUT2D eigenvalue weighted by Gasteiger charge is -2.61. The van der Waals surface area contributed by atoms with Gasteiger partial charge in [0.2, 0.25) is 0 Å². The normalized spacial score (nSPS) is 44.9. The minimum atomic E-state index is 0.180. The Hall–Kier alpha value is -0.970. The van der Waals surface area contributed by atoms with Crippen LogP contribution in [0.2, 0.25) is 0 Å². The number of rotatable bonds is 3. The highest BCUT2D eigenvalue weighted by Crippen LogP contribution is 2.66. The van der Waals surface area contributed by atoms with Crippen molar-refractivity contribution < 1.29 is 0 Å². The fourth-order valence-corrected chi connectivity index (χ4v) is 5.86. The van der Waals surface area contributed by atoms with Gasteiger partial charge in [0.15, 0.2) is 0 Å². The van der Waals surface area contributed by atoms with Gasteiger partial charge in [-0.3, -0.25) is 0 Å². The highest BCUT2D eigenvalue weighted by molar-refractivity contribution is 5.33. The zero-order valence-corrected chi connectivity index (χ0v) is 12.3. The molecule has 2 nitrogen and oxygen atoms in total. The molecule has 0 aliphatic heterocycles. The standard InChI is InChI=1S/C17H26N2/c1-3-4-14(10-18)15(19)17-8-12-5-13(9-17)7-16(2,6-12)11-17/h12-13H,3-9,11,19H2,1-2H3. The van der Waals surface area contributed by atoms with Crippen LogP contribution >= 0.6 is 0 Å². The molecular formula is C17H26N2. The Kier molecular flexibility index (Phi) is 2.93. The molecule has 4 bridgehead atoms. The van der Waals surface area contributed by atoms with Crippen molar-refractivity contribution in [1.29, 1.82) is 5.26 Å². The SMILES string of the molecule is CCCC(C#N)=C(N)C12CC3CC(CC(C)(C3)C1)C2. The second kappa shape index (κ2) is 4.27. The van der Waals surface area contributed by atoms with Crippen LogP contribution in [0.25, 0.3) is 0 Å². The van der Waals surface area contributed by atoms with Crippen LogP contribution in [0.5, 0.6) is 0 Å². The van der Waals surface area contributed by atoms with Gasteiger partial charge in [0.25, 0.3) is 0 Å². The summed E-state index contributed by atoms with van der Waals surface area (Å²) in [7, 11) is 0. The third kappa shape index (κ3) is 1.98. The van der Waals surface area contributed by atoms with E-state index in [1.54, 1.807) is 0 Å². The van der Waals surface area contributed by atoms with E-state index in [2.05, 4.69) is 19.9 Å². The van der Waals surface area contributed by atoms with Crippen LogP contribution < -0.4 is 5.73 Å². The number of nitrogens with zero attached hydrogens (tertiary/aromatic N) is 1. The lowest BCUT2D eigenvalue weighted by molar-refractivity contribution is -0.0839. The Labute approximate surface area is 117 Å². The maximum Gasteiger partial charge on any atom is 0.0965 e. The summed E-state index contributed by atoms with van der Waals surface area (Å²) in [6.07, 6.45) is 9.82. The van der Waals surface area contributed by atoms with E-state index >= 15 is 0 Å². The average molecular weight is 258 g/mol. The van der Waals surface area contributed by atoms with Gasteiger partial charge in [-0.15, -0.1) is 0 Å². The van der Waals surface area contributed by atoms with Gasteiger partial charge in [-0.2, -0.15) is 5.26 Å². The van der Waals surface area contributed by atoms with E-state index in [0.717, 1.165) is 35.9 Å². The maximum atomic E-state index is 9.41. The zero-order chi connectivity index (χ0) is 13.7. The number of hydrogen-bond donors (Lipinski definition) is 1. The molecule has 2 N–H and O–H groups in total. The molecule has 2 heteroatoms. The third-order valence-electron chi connectivity index (χ3n) is 5.89. The number of nitriles is 1. The molecule has 2 atom stereocenters. The van der Waals surface area contributed by atoms with Crippen molar-refractivity contribution in [2.75, 3.05) is 0 Å². The second-order valence-electron chi connectivity index (χ2n) is 7.81. The van der Waals surface area contributed by atoms with E-state index in [1.807, 2.05) is 0 Å². The van der Waals surface area contributed by atoms with Crippen LogP contribution in [0.3, 0.4) is 0 Å². The van der Waals surface area contributed by atoms with E-state index in [-0.39, 0.29) is 5.41 Å². The molecule has 19 heavy (non-hydrogen) atoms. The van der Waals surface area contributed by atoms with E-state index in [1.165, 1.54) is 38.5 Å². The van der Waals surface area contributed by atoms with Gasteiger partial charge < -0.3 is 5.73 Å². The summed E-state index contributed by atoms with van der Waals surface area (Å²) in [4.78, 5) is 0. The lowest BCUT2D eigenvalue weighted by atomic mass is 9.44. The summed E-state index contributed by atoms with van der Waals surface area (Å²) in [5, 5.41) is 9.41. The number of nitrogens with two attached hydrogens (primary N) is 1. The van der Waals surface area contributed by atoms with Gasteiger partial charge in [-0.25, -0.2) is 0 Å². The Morgan fingerprint density at radius 3 is 2.37 bits per heavy atom. The minimum Gasteiger partial charge on any atom is -0.401 e. The summed E-state index contributed by atoms with van der Waals surface area (Å²) < 4.78 is 0. The van der Waals surface area contributed by atoms with Crippen LogP contribution in [-0.2, 0) is 0 Å². The molecule has 104 valence electrons. The molecule has 0 radical (unpaired) electrons. The topological polar surface area (TPSA) is 49.8 Å². The van der Waals surface area contributed by atoms with Crippen LogP contribution in [-0.4, -0.2) is 0 Å². The van der Waals surface area contributed by atoms with Crippen molar-refractivity contribution in [3.8, 4) is 6.07 Å². The molecule has 0 heterocycles. The summed E-state index contributed by atoms with van der Waals surface area (Å²) in [5.74, 6) is 1.73. The molecule has 0 amide bonds. The quantitative estimate of drug-likeness (QED) is 0.774. The van der Waals surface area contributed by atoms with Crippen molar-refractivity contribution in [1.82, 2.24) is 0 Å². The van der Waals surface area contributed by atoms with Crippen molar-refractivity contribution in [3.05, 3.63) is 11.3 Å². The van der Waals surface area contributed by atoms with E-state index < -0.39 is 0 Å². The second-order valence-corrected chi connectivity index (χ2v) is 7.81. The highest BCUT2D eigenvalue weighted by Gasteiger charge is 2.57. The van der Waals surface area contributed by atoms with Crippen molar-refractivity contribution in [2.45, 2.75) is 65.2 Å². The summed E-state index contributed by atoms with van der Waals surface area (Å²) in [6, 6.07) is 2.39. The molecule has 0 saturated heterocycles. The third-order valence-corrected chi connectivity index (χ3v) is 5.89. The molecular weight excluding hydrogens is 232 g/mol. The van der Waals surface area contributed by atoms with Gasteiger partial charge in [0.05, 0.1) is 6.07 Å². The monoisotopic (exact) mass is 258 g/mol. The summed E-state index contributed by atoms with van der Waals surface area (Å²) in [5.41, 5.74) is 9.06. The Morgan fingerprint density at radius 1 is 1.26 bits per heavy atom. The van der Waals surface area contributed by atoms with Crippen molar-refractivity contribution in [2.24, 2.45) is 28.4 Å². The van der Waals surface area contributed by atoms with Crippen molar-refractivity contribution in [3.63, 3.8) is 0 Å². The highest BCUT2D eigenvalue weighted by atomic mass is 14.7. The van der Waals surface area contributed by atoms with Gasteiger partial charge in [-0.1, -0.05) is 20.3 Å². The van der Waals surface area contributed by atoms with Crippen molar-refractivity contribution >= 4 is 0 Å². The molecule has 4 aliphatic rings. The van der Waals surface area contributed by atoms with Crippen LogP contribution in [0.15, 0.2) is 11.3 Å². The van der Waals surface area contributed by atoms with Gasteiger partial charge in [-0.05, 0) is 62.2 Å². The predicted octanol–water partition coefficient (Wildman–Crippen LogP) is 4.13. The molecule has 2 unspecified atom stereocenters. The fraction of sp³-hybridized carbons (Fsp3) is 0.824. The van der Waals surface area contributed by atoms with Gasteiger partial charge >= 0.3 is 0 Å². The maximum absolute atomic E-state index is 9.41. The smallest absolute Gasteiger partial charge is 0.0965 e. The van der Waals surface area contributed by atoms with Gasteiger partial charge in [0, 0.05) is 16.7 Å². The first kappa shape index (κ1) is 13.0. The average Bonchev–Trinajstić information content (AvgIpc) is 2.32. The number of hydrogen-bond acceptors (Lipinski definition) is 2. The largest absolute Gasteiger partial charge is 0.401 e. The molecule has 0 spiro atoms. The summed E-state index contributed by atoms with van der Waals surface area (Å²) >= 11 is 0. The van der Waals surface area contributed by atoms with Crippen LogP contribution in [0, 0.1) is 34.0 Å². The van der Waals surface area contributed by atoms with E-state index in [4.69, 9.17) is 5.73 Å². The molecule has 0 aromatic heterocycles. The fourth-order valence-electron chi connectivity index (χ4n) is 5.86. The molecule has 4 rings (SSSR count). The Balaban J connectivity index is 1.98. The Bertz CT molecular complexity index is 440. The molecule has 0 aromatic carbocycles. The zero-order valence-electron chi connectivity index (χ0n) is 12.3. The van der Waals surface area contributed by atoms with Crippen LogP contribution in [0.1, 0.15) is 65.2 Å². The Morgan fingerprint density at radius 2 is 1.89 bits per heavy atom. The molecule has 4 aliphatic carbocycles.